The van der Waals surface area contributed by atoms with Gasteiger partial charge >= 0.3 is 0 Å². The third-order valence-electron chi connectivity index (χ3n) is 4.61. The van der Waals surface area contributed by atoms with Crippen LogP contribution in [0.2, 0.25) is 0 Å². The number of hydrogen-bond acceptors (Lipinski definition) is 6. The van der Waals surface area contributed by atoms with Gasteiger partial charge in [0.25, 0.3) is 5.91 Å². The van der Waals surface area contributed by atoms with Gasteiger partial charge < -0.3 is 19.6 Å². The molecule has 1 aliphatic rings. The number of carbonyl (C=O) groups is 1. The fourth-order valence-electron chi connectivity index (χ4n) is 2.85. The fraction of sp³-hybridized carbons (Fsp3) is 0.389. The molecular formula is C18H22N4O3. The van der Waals surface area contributed by atoms with E-state index >= 15 is 0 Å². The standard InChI is InChI=1S/C18H22N4O3/c1-12-4-5-14(16(23)13(12)2)17(24)21-8-10-22(11-9-21)18-19-7-6-15(20-18)25-3/h4-7,23H,8-11H2,1-3H3. The SMILES string of the molecule is COc1ccnc(N2CCN(C(=O)c3ccc(C)c(C)c3O)CC2)n1. The van der Waals surface area contributed by atoms with E-state index in [2.05, 4.69) is 9.97 Å². The van der Waals surface area contributed by atoms with Crippen LogP contribution in [-0.2, 0) is 0 Å². The molecule has 0 spiro atoms. The number of ether oxygens (including phenoxy) is 1. The summed E-state index contributed by atoms with van der Waals surface area (Å²) in [4.78, 5) is 25.1. The van der Waals surface area contributed by atoms with E-state index in [0.717, 1.165) is 11.1 Å². The first-order chi connectivity index (χ1) is 12.0. The first-order valence-corrected chi connectivity index (χ1v) is 8.21. The minimum absolute atomic E-state index is 0.0727. The summed E-state index contributed by atoms with van der Waals surface area (Å²) in [5.74, 6) is 1.04. The molecule has 0 radical (unpaired) electrons. The number of benzene rings is 1. The highest BCUT2D eigenvalue weighted by Crippen LogP contribution is 2.26. The zero-order chi connectivity index (χ0) is 18.0. The number of hydrogen-bond donors (Lipinski definition) is 1. The van der Waals surface area contributed by atoms with Crippen LogP contribution >= 0.6 is 0 Å². The quantitative estimate of drug-likeness (QED) is 0.916. The Labute approximate surface area is 146 Å². The van der Waals surface area contributed by atoms with Gasteiger partial charge in [-0.1, -0.05) is 6.07 Å². The molecule has 1 aromatic carbocycles. The second kappa shape index (κ2) is 6.96. The van der Waals surface area contributed by atoms with Crippen LogP contribution in [0.5, 0.6) is 11.6 Å². The summed E-state index contributed by atoms with van der Waals surface area (Å²) < 4.78 is 5.13. The van der Waals surface area contributed by atoms with Crippen molar-refractivity contribution in [1.29, 1.82) is 0 Å². The van der Waals surface area contributed by atoms with E-state index < -0.39 is 0 Å². The van der Waals surface area contributed by atoms with Crippen molar-refractivity contribution in [3.8, 4) is 11.6 Å². The van der Waals surface area contributed by atoms with Gasteiger partial charge in [0.2, 0.25) is 11.8 Å². The molecule has 0 saturated carbocycles. The average Bonchev–Trinajstić information content (AvgIpc) is 2.66. The lowest BCUT2D eigenvalue weighted by molar-refractivity contribution is 0.0743. The van der Waals surface area contributed by atoms with Crippen LogP contribution in [0.3, 0.4) is 0 Å². The Balaban J connectivity index is 1.70. The number of anilines is 1. The number of aryl methyl sites for hydroxylation is 1. The molecule has 1 aromatic heterocycles. The fourth-order valence-corrected chi connectivity index (χ4v) is 2.85. The zero-order valence-corrected chi connectivity index (χ0v) is 14.7. The molecule has 132 valence electrons. The molecule has 0 unspecified atom stereocenters. The first-order valence-electron chi connectivity index (χ1n) is 8.21. The van der Waals surface area contributed by atoms with Gasteiger partial charge in [-0.05, 0) is 31.0 Å². The minimum Gasteiger partial charge on any atom is -0.507 e. The van der Waals surface area contributed by atoms with Crippen molar-refractivity contribution in [2.45, 2.75) is 13.8 Å². The van der Waals surface area contributed by atoms with Crippen LogP contribution in [0.15, 0.2) is 24.4 Å². The number of amides is 1. The number of carbonyl (C=O) groups excluding carboxylic acids is 1. The second-order valence-electron chi connectivity index (χ2n) is 6.08. The molecule has 7 heteroatoms. The molecule has 2 aromatic rings. The summed E-state index contributed by atoms with van der Waals surface area (Å²) in [5, 5.41) is 10.3. The number of nitrogens with zero attached hydrogens (tertiary/aromatic N) is 4. The molecule has 1 N–H and O–H groups in total. The molecule has 1 amide bonds. The minimum atomic E-state index is -0.146. The zero-order valence-electron chi connectivity index (χ0n) is 14.7. The lowest BCUT2D eigenvalue weighted by Crippen LogP contribution is -2.49. The smallest absolute Gasteiger partial charge is 0.257 e. The van der Waals surface area contributed by atoms with Crippen molar-refractivity contribution in [3.05, 3.63) is 41.1 Å². The number of phenolic OH excluding ortho intramolecular Hbond substituents is 1. The van der Waals surface area contributed by atoms with E-state index in [1.54, 1.807) is 30.3 Å². The lowest BCUT2D eigenvalue weighted by atomic mass is 10.0. The summed E-state index contributed by atoms with van der Waals surface area (Å²) in [6, 6.07) is 5.26. The molecule has 2 heterocycles. The number of rotatable bonds is 3. The Kier molecular flexibility index (Phi) is 4.74. The number of phenols is 1. The topological polar surface area (TPSA) is 78.8 Å². The van der Waals surface area contributed by atoms with Crippen molar-refractivity contribution in [1.82, 2.24) is 14.9 Å². The molecular weight excluding hydrogens is 320 g/mol. The second-order valence-corrected chi connectivity index (χ2v) is 6.08. The normalized spacial score (nSPS) is 14.5. The van der Waals surface area contributed by atoms with Gasteiger partial charge in [-0.2, -0.15) is 4.98 Å². The largest absolute Gasteiger partial charge is 0.507 e. The number of aromatic hydroxyl groups is 1. The first kappa shape index (κ1) is 17.0. The molecule has 1 fully saturated rings. The Morgan fingerprint density at radius 3 is 2.56 bits per heavy atom. The molecule has 0 bridgehead atoms. The Morgan fingerprint density at radius 1 is 1.16 bits per heavy atom. The molecule has 1 saturated heterocycles. The summed E-state index contributed by atoms with van der Waals surface area (Å²) in [7, 11) is 1.57. The highest BCUT2D eigenvalue weighted by Gasteiger charge is 2.25. The van der Waals surface area contributed by atoms with E-state index in [1.807, 2.05) is 24.8 Å². The maximum Gasteiger partial charge on any atom is 0.257 e. The predicted octanol–water partition coefficient (Wildman–Crippen LogP) is 1.77. The third-order valence-corrected chi connectivity index (χ3v) is 4.61. The predicted molar refractivity (Wildman–Crippen MR) is 94.3 cm³/mol. The van der Waals surface area contributed by atoms with Gasteiger partial charge in [0.15, 0.2) is 0 Å². The average molecular weight is 342 g/mol. The molecule has 0 atom stereocenters. The van der Waals surface area contributed by atoms with Crippen LogP contribution in [-0.4, -0.2) is 59.2 Å². The Bertz CT molecular complexity index is 786. The van der Waals surface area contributed by atoms with Gasteiger partial charge in [0.1, 0.15) is 5.75 Å². The molecule has 0 aliphatic carbocycles. The number of piperazine rings is 1. The van der Waals surface area contributed by atoms with Gasteiger partial charge in [0, 0.05) is 38.4 Å². The maximum atomic E-state index is 12.7. The van der Waals surface area contributed by atoms with Crippen LogP contribution in [0, 0.1) is 13.8 Å². The number of aromatic nitrogens is 2. The van der Waals surface area contributed by atoms with Crippen molar-refractivity contribution in [3.63, 3.8) is 0 Å². The summed E-state index contributed by atoms with van der Waals surface area (Å²) in [6.45, 7) is 6.09. The monoisotopic (exact) mass is 342 g/mol. The van der Waals surface area contributed by atoms with Gasteiger partial charge in [0.05, 0.1) is 12.7 Å². The van der Waals surface area contributed by atoms with E-state index in [4.69, 9.17) is 4.74 Å². The Hall–Kier alpha value is -2.83. The molecule has 25 heavy (non-hydrogen) atoms. The van der Waals surface area contributed by atoms with Crippen LogP contribution in [0.1, 0.15) is 21.5 Å². The maximum absolute atomic E-state index is 12.7. The Morgan fingerprint density at radius 2 is 1.88 bits per heavy atom. The van der Waals surface area contributed by atoms with E-state index in [-0.39, 0.29) is 11.7 Å². The van der Waals surface area contributed by atoms with E-state index in [0.29, 0.717) is 43.6 Å². The summed E-state index contributed by atoms with van der Waals surface area (Å²) in [5.41, 5.74) is 2.07. The highest BCUT2D eigenvalue weighted by atomic mass is 16.5. The third kappa shape index (κ3) is 3.35. The molecule has 7 nitrogen and oxygen atoms in total. The summed E-state index contributed by atoms with van der Waals surface area (Å²) in [6.07, 6.45) is 1.66. The van der Waals surface area contributed by atoms with Gasteiger partial charge in [-0.3, -0.25) is 4.79 Å². The van der Waals surface area contributed by atoms with Crippen molar-refractivity contribution in [2.24, 2.45) is 0 Å². The van der Waals surface area contributed by atoms with Crippen molar-refractivity contribution < 1.29 is 14.6 Å². The van der Waals surface area contributed by atoms with Crippen LogP contribution in [0.4, 0.5) is 5.95 Å². The lowest BCUT2D eigenvalue weighted by Gasteiger charge is -2.35. The van der Waals surface area contributed by atoms with Crippen molar-refractivity contribution in [2.75, 3.05) is 38.2 Å². The van der Waals surface area contributed by atoms with Gasteiger partial charge in [-0.15, -0.1) is 0 Å². The van der Waals surface area contributed by atoms with E-state index in [9.17, 15) is 9.90 Å². The number of methoxy groups -OCH3 is 1. The van der Waals surface area contributed by atoms with Crippen LogP contribution in [0.25, 0.3) is 0 Å². The molecule has 1 aliphatic heterocycles. The molecule has 3 rings (SSSR count). The van der Waals surface area contributed by atoms with Crippen molar-refractivity contribution >= 4 is 11.9 Å². The summed E-state index contributed by atoms with van der Waals surface area (Å²) >= 11 is 0. The van der Waals surface area contributed by atoms with Crippen LogP contribution < -0.4 is 9.64 Å². The van der Waals surface area contributed by atoms with Gasteiger partial charge in [-0.25, -0.2) is 4.98 Å². The highest BCUT2D eigenvalue weighted by molar-refractivity contribution is 5.97. The van der Waals surface area contributed by atoms with E-state index in [1.165, 1.54) is 0 Å².